The Hall–Kier alpha value is -3.81. The number of amides is 1. The zero-order valence-corrected chi connectivity index (χ0v) is 14.9. The fourth-order valence-corrected chi connectivity index (χ4v) is 2.77. The van der Waals surface area contributed by atoms with Gasteiger partial charge >= 0.3 is 5.69 Å². The molecule has 2 aromatic carbocycles. The van der Waals surface area contributed by atoms with Crippen molar-refractivity contribution < 1.29 is 14.1 Å². The van der Waals surface area contributed by atoms with Crippen LogP contribution in [0.5, 0.6) is 0 Å². The lowest BCUT2D eigenvalue weighted by atomic mass is 10.1. The van der Waals surface area contributed by atoms with Crippen molar-refractivity contribution in [3.05, 3.63) is 104 Å². The standard InChI is InChI=1S/C20H16FN3O4/c1-13-4-2-5-14(10-13)12-23-9-3-6-16(20(23)26)19(25)22-15-7-8-17(21)18(11-15)24(27)28/h2-11H,12H2,1H3,(H,22,25). The summed E-state index contributed by atoms with van der Waals surface area (Å²) in [5.74, 6) is -1.74. The van der Waals surface area contributed by atoms with Crippen LogP contribution in [0.4, 0.5) is 15.8 Å². The molecular weight excluding hydrogens is 365 g/mol. The molecule has 0 aliphatic carbocycles. The first-order valence-electron chi connectivity index (χ1n) is 8.35. The van der Waals surface area contributed by atoms with E-state index in [1.54, 1.807) is 12.3 Å². The summed E-state index contributed by atoms with van der Waals surface area (Å²) in [7, 11) is 0. The van der Waals surface area contributed by atoms with Crippen LogP contribution < -0.4 is 10.9 Å². The highest BCUT2D eigenvalue weighted by molar-refractivity contribution is 6.04. The van der Waals surface area contributed by atoms with Gasteiger partial charge in [-0.15, -0.1) is 0 Å². The van der Waals surface area contributed by atoms with Crippen LogP contribution in [0.2, 0.25) is 0 Å². The van der Waals surface area contributed by atoms with E-state index >= 15 is 0 Å². The third kappa shape index (κ3) is 4.12. The summed E-state index contributed by atoms with van der Waals surface area (Å²) >= 11 is 0. The van der Waals surface area contributed by atoms with Crippen LogP contribution in [0.15, 0.2) is 65.6 Å². The molecule has 0 aliphatic heterocycles. The fourth-order valence-electron chi connectivity index (χ4n) is 2.77. The average molecular weight is 381 g/mol. The van der Waals surface area contributed by atoms with Gasteiger partial charge < -0.3 is 9.88 Å². The number of pyridine rings is 1. The molecule has 3 rings (SSSR count). The van der Waals surface area contributed by atoms with E-state index < -0.39 is 27.9 Å². The maximum Gasteiger partial charge on any atom is 0.306 e. The SMILES string of the molecule is Cc1cccc(Cn2cccc(C(=O)Nc3ccc(F)c([N+](=O)[O-])c3)c2=O)c1. The number of nitro benzene ring substituents is 1. The Kier molecular flexibility index (Phi) is 5.30. The van der Waals surface area contributed by atoms with Crippen molar-refractivity contribution in [1.29, 1.82) is 0 Å². The van der Waals surface area contributed by atoms with Gasteiger partial charge in [0.05, 0.1) is 11.5 Å². The van der Waals surface area contributed by atoms with E-state index in [2.05, 4.69) is 5.32 Å². The smallest absolute Gasteiger partial charge is 0.306 e. The van der Waals surface area contributed by atoms with Gasteiger partial charge in [0.25, 0.3) is 11.5 Å². The number of aromatic nitrogens is 1. The molecule has 7 nitrogen and oxygen atoms in total. The lowest BCUT2D eigenvalue weighted by Gasteiger charge is -2.09. The van der Waals surface area contributed by atoms with Crippen molar-refractivity contribution in [2.45, 2.75) is 13.5 Å². The summed E-state index contributed by atoms with van der Waals surface area (Å²) in [6, 6.07) is 13.6. The van der Waals surface area contributed by atoms with Crippen molar-refractivity contribution in [2.24, 2.45) is 0 Å². The van der Waals surface area contributed by atoms with Gasteiger partial charge in [-0.05, 0) is 36.8 Å². The van der Waals surface area contributed by atoms with E-state index in [9.17, 15) is 24.1 Å². The summed E-state index contributed by atoms with van der Waals surface area (Å²) < 4.78 is 14.8. The molecule has 1 heterocycles. The molecule has 142 valence electrons. The van der Waals surface area contributed by atoms with E-state index in [1.165, 1.54) is 16.7 Å². The van der Waals surface area contributed by atoms with Crippen LogP contribution in [-0.2, 0) is 6.54 Å². The summed E-state index contributed by atoms with van der Waals surface area (Å²) in [6.45, 7) is 2.24. The predicted molar refractivity (Wildman–Crippen MR) is 102 cm³/mol. The molecule has 0 spiro atoms. The number of nitrogens with one attached hydrogen (secondary N) is 1. The first-order chi connectivity index (χ1) is 13.3. The maximum absolute atomic E-state index is 13.4. The number of hydrogen-bond acceptors (Lipinski definition) is 4. The van der Waals surface area contributed by atoms with Crippen LogP contribution >= 0.6 is 0 Å². The second-order valence-electron chi connectivity index (χ2n) is 6.22. The Morgan fingerprint density at radius 1 is 1.18 bits per heavy atom. The molecule has 8 heteroatoms. The number of anilines is 1. The van der Waals surface area contributed by atoms with Crippen LogP contribution in [0.3, 0.4) is 0 Å². The van der Waals surface area contributed by atoms with Gasteiger partial charge in [0, 0.05) is 18.0 Å². The molecule has 0 fully saturated rings. The normalized spacial score (nSPS) is 10.5. The Morgan fingerprint density at radius 3 is 2.68 bits per heavy atom. The van der Waals surface area contributed by atoms with Crippen molar-refractivity contribution in [2.75, 3.05) is 5.32 Å². The van der Waals surface area contributed by atoms with E-state index in [1.807, 2.05) is 31.2 Å². The second kappa shape index (κ2) is 7.83. The predicted octanol–water partition coefficient (Wildman–Crippen LogP) is 3.50. The number of carbonyl (C=O) groups is 1. The summed E-state index contributed by atoms with van der Waals surface area (Å²) in [6.07, 6.45) is 1.57. The quantitative estimate of drug-likeness (QED) is 0.541. The summed E-state index contributed by atoms with van der Waals surface area (Å²) in [4.78, 5) is 35.1. The highest BCUT2D eigenvalue weighted by atomic mass is 19.1. The van der Waals surface area contributed by atoms with Gasteiger partial charge in [0.2, 0.25) is 5.82 Å². The zero-order valence-electron chi connectivity index (χ0n) is 14.9. The number of nitrogens with zero attached hydrogens (tertiary/aromatic N) is 2. The summed E-state index contributed by atoms with van der Waals surface area (Å²) in [5, 5.41) is 13.2. The molecule has 0 radical (unpaired) electrons. The lowest BCUT2D eigenvalue weighted by molar-refractivity contribution is -0.387. The van der Waals surface area contributed by atoms with Crippen molar-refractivity contribution in [3.63, 3.8) is 0 Å². The van der Waals surface area contributed by atoms with Crippen LogP contribution in [0, 0.1) is 22.9 Å². The number of nitro groups is 1. The third-order valence-corrected chi connectivity index (χ3v) is 4.10. The van der Waals surface area contributed by atoms with E-state index in [0.29, 0.717) is 6.54 Å². The number of halogens is 1. The first-order valence-corrected chi connectivity index (χ1v) is 8.35. The molecule has 0 unspecified atom stereocenters. The highest BCUT2D eigenvalue weighted by Gasteiger charge is 2.17. The molecule has 0 atom stereocenters. The van der Waals surface area contributed by atoms with Gasteiger partial charge in [-0.1, -0.05) is 29.8 Å². The Labute approximate surface area is 159 Å². The minimum Gasteiger partial charge on any atom is -0.322 e. The Bertz CT molecular complexity index is 1120. The number of hydrogen-bond donors (Lipinski definition) is 1. The molecule has 0 saturated heterocycles. The van der Waals surface area contributed by atoms with Crippen molar-refractivity contribution >= 4 is 17.3 Å². The molecule has 1 aromatic heterocycles. The maximum atomic E-state index is 13.4. The molecular formula is C20H16FN3O4. The monoisotopic (exact) mass is 381 g/mol. The highest BCUT2D eigenvalue weighted by Crippen LogP contribution is 2.21. The van der Waals surface area contributed by atoms with Crippen LogP contribution in [0.25, 0.3) is 0 Å². The molecule has 28 heavy (non-hydrogen) atoms. The zero-order chi connectivity index (χ0) is 20.3. The minimum atomic E-state index is -1.01. The molecule has 1 N–H and O–H groups in total. The average Bonchev–Trinajstić information content (AvgIpc) is 2.65. The second-order valence-corrected chi connectivity index (χ2v) is 6.22. The lowest BCUT2D eigenvalue weighted by Crippen LogP contribution is -2.29. The van der Waals surface area contributed by atoms with Gasteiger partial charge in [0.15, 0.2) is 0 Å². The minimum absolute atomic E-state index is 0.0200. The van der Waals surface area contributed by atoms with Crippen molar-refractivity contribution in [3.8, 4) is 0 Å². The molecule has 0 bridgehead atoms. The topological polar surface area (TPSA) is 94.2 Å². The molecule has 0 saturated carbocycles. The fraction of sp³-hybridized carbons (Fsp3) is 0.100. The van der Waals surface area contributed by atoms with Gasteiger partial charge in [-0.25, -0.2) is 0 Å². The molecule has 1 amide bonds. The number of carbonyl (C=O) groups excluding carboxylic acids is 1. The van der Waals surface area contributed by atoms with Crippen LogP contribution in [-0.4, -0.2) is 15.4 Å². The number of aryl methyl sites for hydroxylation is 1. The number of rotatable bonds is 5. The van der Waals surface area contributed by atoms with E-state index in [4.69, 9.17) is 0 Å². The summed E-state index contributed by atoms with van der Waals surface area (Å²) in [5.41, 5.74) is 0.598. The van der Waals surface area contributed by atoms with Crippen LogP contribution in [0.1, 0.15) is 21.5 Å². The molecule has 0 aliphatic rings. The van der Waals surface area contributed by atoms with Gasteiger partial charge in [0.1, 0.15) is 5.56 Å². The van der Waals surface area contributed by atoms with E-state index in [-0.39, 0.29) is 11.3 Å². The Morgan fingerprint density at radius 2 is 1.96 bits per heavy atom. The first kappa shape index (κ1) is 19.0. The molecule has 3 aromatic rings. The third-order valence-electron chi connectivity index (χ3n) is 4.10. The van der Waals surface area contributed by atoms with Gasteiger partial charge in [-0.2, -0.15) is 4.39 Å². The number of benzene rings is 2. The van der Waals surface area contributed by atoms with Gasteiger partial charge in [-0.3, -0.25) is 19.7 Å². The van der Waals surface area contributed by atoms with Crippen molar-refractivity contribution in [1.82, 2.24) is 4.57 Å². The Balaban J connectivity index is 1.86. The largest absolute Gasteiger partial charge is 0.322 e. The van der Waals surface area contributed by atoms with E-state index in [0.717, 1.165) is 23.3 Å².